The SMILES string of the molecule is [CH2]CN1CCC(c2c[nH]c3ccccc23)CC1. The Hall–Kier alpha value is -1.28. The van der Waals surface area contributed by atoms with Crippen molar-refractivity contribution in [1.29, 1.82) is 0 Å². The van der Waals surface area contributed by atoms with Crippen molar-refractivity contribution in [2.75, 3.05) is 19.6 Å². The number of para-hydroxylation sites is 1. The second-order valence-corrected chi connectivity index (χ2v) is 4.91. The van der Waals surface area contributed by atoms with Crippen LogP contribution in [0.15, 0.2) is 30.5 Å². The highest BCUT2D eigenvalue weighted by molar-refractivity contribution is 5.83. The van der Waals surface area contributed by atoms with Crippen molar-refractivity contribution in [2.24, 2.45) is 0 Å². The lowest BCUT2D eigenvalue weighted by Crippen LogP contribution is -2.32. The fourth-order valence-corrected chi connectivity index (χ4v) is 2.90. The van der Waals surface area contributed by atoms with Gasteiger partial charge in [-0.05, 0) is 56.9 Å². The van der Waals surface area contributed by atoms with E-state index < -0.39 is 0 Å². The topological polar surface area (TPSA) is 19.0 Å². The molecule has 3 rings (SSSR count). The van der Waals surface area contributed by atoms with E-state index in [1.165, 1.54) is 42.4 Å². The molecule has 89 valence electrons. The fourth-order valence-electron chi connectivity index (χ4n) is 2.90. The highest BCUT2D eigenvalue weighted by atomic mass is 15.1. The molecule has 0 bridgehead atoms. The Bertz CT molecular complexity index is 492. The number of piperidine rings is 1. The van der Waals surface area contributed by atoms with E-state index in [9.17, 15) is 0 Å². The zero-order valence-electron chi connectivity index (χ0n) is 10.2. The quantitative estimate of drug-likeness (QED) is 0.835. The third-order valence-corrected chi connectivity index (χ3v) is 3.96. The Kier molecular flexibility index (Phi) is 2.89. The molecule has 1 aromatic heterocycles. The van der Waals surface area contributed by atoms with Gasteiger partial charge in [0.25, 0.3) is 0 Å². The molecule has 2 heteroatoms. The minimum Gasteiger partial charge on any atom is -0.361 e. The number of H-pyrrole nitrogens is 1. The molecule has 0 spiro atoms. The maximum Gasteiger partial charge on any atom is 0.0456 e. The maximum atomic E-state index is 3.97. The number of likely N-dealkylation sites (tertiary alicyclic amines) is 1. The van der Waals surface area contributed by atoms with Crippen LogP contribution in [-0.2, 0) is 0 Å². The van der Waals surface area contributed by atoms with E-state index in [1.54, 1.807) is 0 Å². The Morgan fingerprint density at radius 3 is 2.76 bits per heavy atom. The lowest BCUT2D eigenvalue weighted by atomic mass is 9.89. The van der Waals surface area contributed by atoms with Crippen LogP contribution in [0.4, 0.5) is 0 Å². The van der Waals surface area contributed by atoms with Crippen molar-refractivity contribution >= 4 is 10.9 Å². The van der Waals surface area contributed by atoms with Gasteiger partial charge in [-0.15, -0.1) is 0 Å². The lowest BCUT2D eigenvalue weighted by molar-refractivity contribution is 0.232. The number of nitrogens with zero attached hydrogens (tertiary/aromatic N) is 1. The number of benzene rings is 1. The molecule has 0 atom stereocenters. The van der Waals surface area contributed by atoms with E-state index in [-0.39, 0.29) is 0 Å². The third-order valence-electron chi connectivity index (χ3n) is 3.96. The molecule has 0 saturated carbocycles. The molecule has 1 N–H and O–H groups in total. The Morgan fingerprint density at radius 2 is 2.00 bits per heavy atom. The van der Waals surface area contributed by atoms with Crippen LogP contribution in [0.3, 0.4) is 0 Å². The zero-order chi connectivity index (χ0) is 11.7. The second kappa shape index (κ2) is 4.53. The molecule has 17 heavy (non-hydrogen) atoms. The summed E-state index contributed by atoms with van der Waals surface area (Å²) in [5.41, 5.74) is 2.77. The molecule has 1 saturated heterocycles. The predicted octanol–water partition coefficient (Wildman–Crippen LogP) is 3.18. The molecule has 0 unspecified atom stereocenters. The Balaban J connectivity index is 1.85. The molecule has 2 nitrogen and oxygen atoms in total. The minimum absolute atomic E-state index is 0.717. The normalized spacial score (nSPS) is 18.9. The van der Waals surface area contributed by atoms with Crippen molar-refractivity contribution < 1.29 is 0 Å². The zero-order valence-corrected chi connectivity index (χ0v) is 10.2. The summed E-state index contributed by atoms with van der Waals surface area (Å²) in [5, 5.41) is 1.40. The number of aromatic amines is 1. The van der Waals surface area contributed by atoms with Gasteiger partial charge in [0.15, 0.2) is 0 Å². The van der Waals surface area contributed by atoms with Gasteiger partial charge >= 0.3 is 0 Å². The molecule has 2 heterocycles. The summed E-state index contributed by atoms with van der Waals surface area (Å²) in [6.45, 7) is 7.29. The number of hydrogen-bond acceptors (Lipinski definition) is 1. The Morgan fingerprint density at radius 1 is 1.24 bits per heavy atom. The molecule has 2 aromatic rings. The van der Waals surface area contributed by atoms with Crippen LogP contribution in [0.25, 0.3) is 10.9 Å². The van der Waals surface area contributed by atoms with Crippen LogP contribution < -0.4 is 0 Å². The second-order valence-electron chi connectivity index (χ2n) is 4.91. The predicted molar refractivity (Wildman–Crippen MR) is 72.1 cm³/mol. The maximum absolute atomic E-state index is 3.97. The molecule has 1 aromatic carbocycles. The van der Waals surface area contributed by atoms with Crippen molar-refractivity contribution in [1.82, 2.24) is 9.88 Å². The van der Waals surface area contributed by atoms with Gasteiger partial charge in [-0.25, -0.2) is 0 Å². The van der Waals surface area contributed by atoms with E-state index in [1.807, 2.05) is 0 Å². The van der Waals surface area contributed by atoms with Crippen LogP contribution in [0.2, 0.25) is 0 Å². The molecule has 1 aliphatic heterocycles. The van der Waals surface area contributed by atoms with E-state index in [0.29, 0.717) is 5.92 Å². The lowest BCUT2D eigenvalue weighted by Gasteiger charge is -2.30. The summed E-state index contributed by atoms with van der Waals surface area (Å²) in [7, 11) is 0. The van der Waals surface area contributed by atoms with Gasteiger partial charge in [0.1, 0.15) is 0 Å². The number of aromatic nitrogens is 1. The van der Waals surface area contributed by atoms with Crippen LogP contribution >= 0.6 is 0 Å². The first-order valence-electron chi connectivity index (χ1n) is 6.46. The first-order chi connectivity index (χ1) is 8.38. The fraction of sp³-hybridized carbons (Fsp3) is 0.400. The van der Waals surface area contributed by atoms with E-state index in [0.717, 1.165) is 6.54 Å². The van der Waals surface area contributed by atoms with Crippen molar-refractivity contribution in [3.05, 3.63) is 42.9 Å². The third kappa shape index (κ3) is 1.98. The number of nitrogens with one attached hydrogen (secondary N) is 1. The average molecular weight is 227 g/mol. The summed E-state index contributed by atoms with van der Waals surface area (Å²) >= 11 is 0. The largest absolute Gasteiger partial charge is 0.361 e. The molecule has 1 aliphatic rings. The first-order valence-corrected chi connectivity index (χ1v) is 6.46. The highest BCUT2D eigenvalue weighted by Gasteiger charge is 2.21. The van der Waals surface area contributed by atoms with E-state index in [4.69, 9.17) is 0 Å². The first kappa shape index (κ1) is 10.8. The monoisotopic (exact) mass is 227 g/mol. The smallest absolute Gasteiger partial charge is 0.0456 e. The minimum atomic E-state index is 0.717. The van der Waals surface area contributed by atoms with Crippen LogP contribution in [-0.4, -0.2) is 29.5 Å². The summed E-state index contributed by atoms with van der Waals surface area (Å²) in [6, 6.07) is 8.61. The van der Waals surface area contributed by atoms with Gasteiger partial charge in [0.05, 0.1) is 0 Å². The standard InChI is InChI=1S/C15H19N2/c1-2-17-9-7-12(8-10-17)14-11-16-15-6-4-3-5-13(14)15/h3-6,11-12,16H,1-2,7-10H2. The summed E-state index contributed by atoms with van der Waals surface area (Å²) in [5.74, 6) is 0.717. The molecular weight excluding hydrogens is 208 g/mol. The summed E-state index contributed by atoms with van der Waals surface area (Å²) in [6.07, 6.45) is 4.73. The highest BCUT2D eigenvalue weighted by Crippen LogP contribution is 2.32. The molecule has 0 aliphatic carbocycles. The van der Waals surface area contributed by atoms with Gasteiger partial charge in [-0.3, -0.25) is 0 Å². The van der Waals surface area contributed by atoms with Gasteiger partial charge in [-0.1, -0.05) is 18.2 Å². The number of hydrogen-bond donors (Lipinski definition) is 1. The number of rotatable bonds is 2. The van der Waals surface area contributed by atoms with Crippen molar-refractivity contribution in [2.45, 2.75) is 18.8 Å². The van der Waals surface area contributed by atoms with E-state index >= 15 is 0 Å². The molecular formula is C15H19N2. The van der Waals surface area contributed by atoms with Gasteiger partial charge in [-0.2, -0.15) is 0 Å². The van der Waals surface area contributed by atoms with Gasteiger partial charge in [0.2, 0.25) is 0 Å². The van der Waals surface area contributed by atoms with Gasteiger partial charge in [0, 0.05) is 17.1 Å². The van der Waals surface area contributed by atoms with Gasteiger partial charge < -0.3 is 9.88 Å². The van der Waals surface area contributed by atoms with Crippen LogP contribution in [0, 0.1) is 6.92 Å². The van der Waals surface area contributed by atoms with Crippen molar-refractivity contribution in [3.63, 3.8) is 0 Å². The van der Waals surface area contributed by atoms with Crippen molar-refractivity contribution in [3.8, 4) is 0 Å². The molecule has 0 amide bonds. The van der Waals surface area contributed by atoms with E-state index in [2.05, 4.69) is 47.3 Å². The molecule has 1 fully saturated rings. The van der Waals surface area contributed by atoms with Crippen LogP contribution in [0.5, 0.6) is 0 Å². The molecule has 1 radical (unpaired) electrons. The summed E-state index contributed by atoms with van der Waals surface area (Å²) in [4.78, 5) is 5.82. The number of fused-ring (bicyclic) bond motifs is 1. The summed E-state index contributed by atoms with van der Waals surface area (Å²) < 4.78 is 0. The average Bonchev–Trinajstić information content (AvgIpc) is 2.83. The Labute approximate surface area is 103 Å². The van der Waals surface area contributed by atoms with Crippen LogP contribution in [0.1, 0.15) is 24.3 Å².